The second kappa shape index (κ2) is 6.27. The van der Waals surface area contributed by atoms with E-state index in [-0.39, 0.29) is 17.8 Å². The summed E-state index contributed by atoms with van der Waals surface area (Å²) in [6.07, 6.45) is 5.86. The number of nitrogens with two attached hydrogens (primary N) is 1. The minimum atomic E-state index is -0.700. The molecule has 1 amide bonds. The van der Waals surface area contributed by atoms with Crippen LogP contribution >= 0.6 is 0 Å². The summed E-state index contributed by atoms with van der Waals surface area (Å²) in [5.74, 6) is 6.42. The number of carbonyl (C=O) groups is 1. The highest BCUT2D eigenvalue weighted by atomic mass is 16.2. The van der Waals surface area contributed by atoms with Crippen molar-refractivity contribution in [1.29, 1.82) is 0 Å². The Bertz CT molecular complexity index is 991. The van der Waals surface area contributed by atoms with Gasteiger partial charge < -0.3 is 5.73 Å². The number of amides is 1. The summed E-state index contributed by atoms with van der Waals surface area (Å²) in [6.45, 7) is 3.81. The summed E-state index contributed by atoms with van der Waals surface area (Å²) in [6, 6.07) is 7.90. The summed E-state index contributed by atoms with van der Waals surface area (Å²) in [4.78, 5) is 19.1. The van der Waals surface area contributed by atoms with Crippen LogP contribution in [-0.4, -0.2) is 33.6 Å². The van der Waals surface area contributed by atoms with Crippen molar-refractivity contribution in [3.63, 3.8) is 0 Å². The van der Waals surface area contributed by atoms with E-state index in [1.807, 2.05) is 44.3 Å². The molecule has 2 N–H and O–H groups in total. The molecule has 1 saturated carbocycles. The number of carbonyl (C=O) groups excluding carboxylic acids is 1. The van der Waals surface area contributed by atoms with Gasteiger partial charge in [0.15, 0.2) is 5.96 Å². The Morgan fingerprint density at radius 3 is 2.81 bits per heavy atom. The fraction of sp³-hybridized carbons (Fsp3) is 0.381. The minimum absolute atomic E-state index is 0.0421. The van der Waals surface area contributed by atoms with Crippen molar-refractivity contribution in [2.45, 2.75) is 32.2 Å². The molecule has 0 radical (unpaired) electrons. The lowest BCUT2D eigenvalue weighted by atomic mass is 9.76. The molecule has 1 fully saturated rings. The molecule has 0 unspecified atom stereocenters. The van der Waals surface area contributed by atoms with Gasteiger partial charge in [-0.25, -0.2) is 9.67 Å². The zero-order valence-corrected chi connectivity index (χ0v) is 15.8. The number of hydrogen-bond donors (Lipinski definition) is 1. The first-order valence-electron chi connectivity index (χ1n) is 9.15. The first-order valence-corrected chi connectivity index (χ1v) is 9.15. The Labute approximate surface area is 159 Å². The van der Waals surface area contributed by atoms with Gasteiger partial charge in [0.05, 0.1) is 17.8 Å². The van der Waals surface area contributed by atoms with Crippen molar-refractivity contribution in [2.24, 2.45) is 22.6 Å². The fourth-order valence-corrected chi connectivity index (χ4v) is 3.87. The summed E-state index contributed by atoms with van der Waals surface area (Å²) < 4.78 is 1.81. The van der Waals surface area contributed by atoms with Gasteiger partial charge in [-0.1, -0.05) is 12.0 Å². The van der Waals surface area contributed by atoms with Crippen LogP contribution in [0.4, 0.5) is 0 Å². The smallest absolute Gasteiger partial charge is 0.235 e. The lowest BCUT2D eigenvalue weighted by Gasteiger charge is -2.40. The number of rotatable bonds is 3. The van der Waals surface area contributed by atoms with E-state index in [1.54, 1.807) is 17.9 Å². The lowest BCUT2D eigenvalue weighted by molar-refractivity contribution is -0.135. The van der Waals surface area contributed by atoms with Crippen molar-refractivity contribution in [3.8, 4) is 17.5 Å². The average molecular weight is 361 g/mol. The highest BCUT2D eigenvalue weighted by molar-refractivity contribution is 6.00. The van der Waals surface area contributed by atoms with E-state index in [0.29, 0.717) is 5.92 Å². The molecule has 1 aromatic carbocycles. The van der Waals surface area contributed by atoms with Gasteiger partial charge in [-0.05, 0) is 50.8 Å². The van der Waals surface area contributed by atoms with Crippen LogP contribution in [0, 0.1) is 23.7 Å². The molecule has 2 aliphatic rings. The molecule has 2 heterocycles. The zero-order chi connectivity index (χ0) is 19.2. The van der Waals surface area contributed by atoms with Crippen LogP contribution in [-0.2, 0) is 10.3 Å². The first kappa shape index (κ1) is 17.3. The molecule has 4 rings (SSSR count). The molecule has 0 spiro atoms. The molecule has 1 aliphatic carbocycles. The van der Waals surface area contributed by atoms with Gasteiger partial charge in [0.1, 0.15) is 5.54 Å². The highest BCUT2D eigenvalue weighted by Gasteiger charge is 2.53. The minimum Gasteiger partial charge on any atom is -0.369 e. The molecular formula is C21H23N5O. The summed E-state index contributed by atoms with van der Waals surface area (Å²) in [5, 5.41) is 4.52. The third-order valence-corrected chi connectivity index (χ3v) is 5.53. The SMILES string of the molecule is CC#Cc1cccc(-n2cc([C@@]3(C)N=C(N)N(C)C(=O)[C@@H]3C3CC3)cn2)c1. The molecule has 6 nitrogen and oxygen atoms in total. The molecule has 6 heteroatoms. The Hall–Kier alpha value is -3.07. The maximum atomic E-state index is 12.9. The van der Waals surface area contributed by atoms with Gasteiger partial charge in [-0.3, -0.25) is 9.69 Å². The van der Waals surface area contributed by atoms with E-state index in [2.05, 4.69) is 16.9 Å². The number of aromatic nitrogens is 2. The zero-order valence-electron chi connectivity index (χ0n) is 15.8. The van der Waals surface area contributed by atoms with Gasteiger partial charge in [-0.2, -0.15) is 5.10 Å². The second-order valence-electron chi connectivity index (χ2n) is 7.43. The van der Waals surface area contributed by atoms with E-state index in [0.717, 1.165) is 29.7 Å². The number of benzene rings is 1. The molecular weight excluding hydrogens is 338 g/mol. The number of hydrogen-bond acceptors (Lipinski definition) is 4. The van der Waals surface area contributed by atoms with Crippen LogP contribution in [0.1, 0.15) is 37.8 Å². The molecule has 27 heavy (non-hydrogen) atoms. The van der Waals surface area contributed by atoms with Crippen LogP contribution in [0.25, 0.3) is 5.69 Å². The quantitative estimate of drug-likeness (QED) is 0.852. The maximum Gasteiger partial charge on any atom is 0.235 e. The predicted octanol–water partition coefficient (Wildman–Crippen LogP) is 2.27. The second-order valence-corrected chi connectivity index (χ2v) is 7.43. The summed E-state index contributed by atoms with van der Waals surface area (Å²) >= 11 is 0. The predicted molar refractivity (Wildman–Crippen MR) is 104 cm³/mol. The topological polar surface area (TPSA) is 76.5 Å². The van der Waals surface area contributed by atoms with E-state index in [4.69, 9.17) is 10.7 Å². The van der Waals surface area contributed by atoms with E-state index < -0.39 is 5.54 Å². The van der Waals surface area contributed by atoms with Crippen molar-refractivity contribution in [2.75, 3.05) is 7.05 Å². The van der Waals surface area contributed by atoms with E-state index in [9.17, 15) is 4.79 Å². The normalized spacial score (nSPS) is 25.0. The van der Waals surface area contributed by atoms with Gasteiger partial charge in [0.2, 0.25) is 5.91 Å². The van der Waals surface area contributed by atoms with Gasteiger partial charge in [-0.15, -0.1) is 5.92 Å². The van der Waals surface area contributed by atoms with Gasteiger partial charge >= 0.3 is 0 Å². The third kappa shape index (κ3) is 2.89. The lowest BCUT2D eigenvalue weighted by Crippen LogP contribution is -2.54. The van der Waals surface area contributed by atoms with Crippen LogP contribution in [0.3, 0.4) is 0 Å². The first-order chi connectivity index (χ1) is 12.9. The fourth-order valence-electron chi connectivity index (χ4n) is 3.87. The van der Waals surface area contributed by atoms with Crippen LogP contribution < -0.4 is 5.73 Å². The van der Waals surface area contributed by atoms with Crippen LogP contribution in [0.2, 0.25) is 0 Å². The van der Waals surface area contributed by atoms with E-state index >= 15 is 0 Å². The molecule has 138 valence electrons. The van der Waals surface area contributed by atoms with E-state index in [1.165, 1.54) is 4.90 Å². The third-order valence-electron chi connectivity index (χ3n) is 5.53. The van der Waals surface area contributed by atoms with Crippen LogP contribution in [0.5, 0.6) is 0 Å². The largest absolute Gasteiger partial charge is 0.369 e. The molecule has 0 saturated heterocycles. The molecule has 1 aliphatic heterocycles. The molecule has 1 aromatic heterocycles. The standard InChI is InChI=1S/C21H23N5O/c1-4-6-14-7-5-8-17(11-14)26-13-16(12-23-26)21(2)18(15-9-10-15)19(27)25(3)20(22)24-21/h5,7-8,11-13,15,18H,9-10H2,1-3H3,(H2,22,24)/t18-,21+/m0/s1. The van der Waals surface area contributed by atoms with Gasteiger partial charge in [0, 0.05) is 24.4 Å². The Morgan fingerprint density at radius 2 is 2.11 bits per heavy atom. The van der Waals surface area contributed by atoms with Crippen molar-refractivity contribution >= 4 is 11.9 Å². The van der Waals surface area contributed by atoms with Gasteiger partial charge in [0.25, 0.3) is 0 Å². The summed E-state index contributed by atoms with van der Waals surface area (Å²) in [5.41, 5.74) is 8.10. The Balaban J connectivity index is 1.76. The van der Waals surface area contributed by atoms with Crippen molar-refractivity contribution in [3.05, 3.63) is 47.8 Å². The summed E-state index contributed by atoms with van der Waals surface area (Å²) in [7, 11) is 1.69. The van der Waals surface area contributed by atoms with Crippen molar-refractivity contribution < 1.29 is 4.79 Å². The molecule has 0 bridgehead atoms. The number of nitrogens with zero attached hydrogens (tertiary/aromatic N) is 4. The Morgan fingerprint density at radius 1 is 1.33 bits per heavy atom. The van der Waals surface area contributed by atoms with Crippen LogP contribution in [0.15, 0.2) is 41.7 Å². The van der Waals surface area contributed by atoms with Crippen molar-refractivity contribution in [1.82, 2.24) is 14.7 Å². The highest BCUT2D eigenvalue weighted by Crippen LogP contribution is 2.50. The number of guanidine groups is 1. The number of aliphatic imine (C=N–C) groups is 1. The maximum absolute atomic E-state index is 12.9. The Kier molecular flexibility index (Phi) is 4.03. The molecule has 2 atom stereocenters. The average Bonchev–Trinajstić information content (AvgIpc) is 3.33. The monoisotopic (exact) mass is 361 g/mol. The molecule has 2 aromatic rings.